The summed E-state index contributed by atoms with van der Waals surface area (Å²) in [5.74, 6) is -1.68. The number of nitrogens with one attached hydrogen (secondary N) is 3. The van der Waals surface area contributed by atoms with E-state index in [1.807, 2.05) is 0 Å². The molecule has 8 rings (SSSR count). The first kappa shape index (κ1) is 29.5. The van der Waals surface area contributed by atoms with Crippen LogP contribution in [0.4, 0.5) is 11.4 Å². The van der Waals surface area contributed by atoms with Crippen LogP contribution in [0.1, 0.15) is 21.0 Å². The fraction of sp³-hybridized carbons (Fsp3) is 0. The van der Waals surface area contributed by atoms with Crippen LogP contribution < -0.4 is 27.4 Å². The van der Waals surface area contributed by atoms with Crippen LogP contribution in [0.3, 0.4) is 0 Å². The van der Waals surface area contributed by atoms with E-state index in [9.17, 15) is 24.6 Å². The Kier molecular flexibility index (Phi) is 6.94. The number of hydrogen-bond acceptors (Lipinski definition) is 11. The smallest absolute Gasteiger partial charge is 0.354 e. The number of nitrogens with zero attached hydrogens (tertiary/aromatic N) is 2. The number of rotatable bonds is 4. The highest BCUT2D eigenvalue weighted by atomic mass is 16.4. The molecule has 2 aromatic carbocycles. The van der Waals surface area contributed by atoms with Crippen molar-refractivity contribution in [3.63, 3.8) is 0 Å². The van der Waals surface area contributed by atoms with Crippen LogP contribution in [0.2, 0.25) is 0 Å². The molecule has 4 aromatic rings. The third-order valence-electron chi connectivity index (χ3n) is 7.63. The number of nitrogen functional groups attached to an aromatic ring is 2. The summed E-state index contributed by atoms with van der Waals surface area (Å²) < 4.78 is 11.6. The van der Waals surface area contributed by atoms with Crippen molar-refractivity contribution in [3.05, 3.63) is 112 Å². The third-order valence-corrected chi connectivity index (χ3v) is 7.63. The number of nitrogens with two attached hydrogens (primary N) is 2. The molecule has 14 nitrogen and oxygen atoms in total. The van der Waals surface area contributed by atoms with Gasteiger partial charge >= 0.3 is 5.97 Å². The van der Waals surface area contributed by atoms with Gasteiger partial charge in [-0.2, -0.15) is 0 Å². The lowest BCUT2D eigenvalue weighted by Crippen LogP contribution is -2.23. The van der Waals surface area contributed by atoms with Crippen LogP contribution in [0.15, 0.2) is 99.1 Å². The number of anilines is 2. The molecule has 0 spiro atoms. The lowest BCUT2D eigenvalue weighted by atomic mass is 9.96. The number of carboxylic acids is 2. The molecule has 236 valence electrons. The second-order valence-corrected chi connectivity index (χ2v) is 10.7. The zero-order valence-corrected chi connectivity index (χ0v) is 24.5. The molecular weight excluding hydrogens is 618 g/mol. The summed E-state index contributed by atoms with van der Waals surface area (Å²) in [7, 11) is 0. The number of carbonyl (C=O) groups excluding carboxylic acids is 1. The average Bonchev–Trinajstić information content (AvgIpc) is 3.73. The summed E-state index contributed by atoms with van der Waals surface area (Å²) in [4.78, 5) is 48.0. The Morgan fingerprint density at radius 2 is 1.25 bits per heavy atom. The van der Waals surface area contributed by atoms with Gasteiger partial charge < -0.3 is 50.7 Å². The highest BCUT2D eigenvalue weighted by Crippen LogP contribution is 2.41. The van der Waals surface area contributed by atoms with Crippen molar-refractivity contribution in [1.82, 2.24) is 19.9 Å². The Morgan fingerprint density at radius 3 is 1.81 bits per heavy atom. The Labute approximate surface area is 268 Å². The van der Waals surface area contributed by atoms with Crippen molar-refractivity contribution in [1.29, 1.82) is 5.41 Å². The van der Waals surface area contributed by atoms with Gasteiger partial charge in [0.25, 0.3) is 0 Å². The molecule has 0 saturated heterocycles. The minimum absolute atomic E-state index is 0.00410. The normalized spacial score (nSPS) is 11.2. The molecule has 8 N–H and O–H groups in total. The van der Waals surface area contributed by atoms with E-state index in [-0.39, 0.29) is 22.5 Å². The molecule has 2 aliphatic carbocycles. The molecule has 4 heterocycles. The van der Waals surface area contributed by atoms with Crippen molar-refractivity contribution < 1.29 is 28.6 Å². The number of aromatic nitrogens is 4. The second kappa shape index (κ2) is 11.3. The van der Waals surface area contributed by atoms with Gasteiger partial charge in [0.2, 0.25) is 0 Å². The van der Waals surface area contributed by atoms with Gasteiger partial charge in [0.05, 0.1) is 35.4 Å². The summed E-state index contributed by atoms with van der Waals surface area (Å²) in [5, 5.41) is 30.2. The SMILES string of the molecule is N=c1ccc2c(-c3nc[nH]c3C(=O)O)c3ccc(N)cc3oc-2c1.Nc1ccc2c(-c3nc[nH]c3C(=O)[O-])c3ccc(=O)cc-3oc2c1. The first-order valence-electron chi connectivity index (χ1n) is 14.2. The number of aromatic carboxylic acids is 2. The number of benzene rings is 4. The van der Waals surface area contributed by atoms with Crippen molar-refractivity contribution in [2.75, 3.05) is 11.5 Å². The number of H-pyrrole nitrogens is 2. The number of imidazole rings is 2. The van der Waals surface area contributed by atoms with Crippen molar-refractivity contribution in [3.8, 4) is 45.2 Å². The number of carbonyl (C=O) groups is 2. The molecule has 0 amide bonds. The monoisotopic (exact) mass is 640 g/mol. The maximum atomic E-state index is 11.6. The summed E-state index contributed by atoms with van der Waals surface area (Å²) >= 11 is 0. The Balaban J connectivity index is 0.000000152. The highest BCUT2D eigenvalue weighted by Gasteiger charge is 2.24. The quantitative estimate of drug-likeness (QED) is 0.119. The Bertz CT molecular complexity index is 2430. The molecule has 2 aliphatic heterocycles. The van der Waals surface area contributed by atoms with Gasteiger partial charge in [-0.1, -0.05) is 0 Å². The lowest BCUT2D eigenvalue weighted by molar-refractivity contribution is -0.255. The molecule has 0 bridgehead atoms. The van der Waals surface area contributed by atoms with Crippen LogP contribution >= 0.6 is 0 Å². The van der Waals surface area contributed by atoms with Gasteiger partial charge in [0, 0.05) is 68.7 Å². The first-order valence-corrected chi connectivity index (χ1v) is 14.2. The van der Waals surface area contributed by atoms with Crippen LogP contribution in [-0.4, -0.2) is 37.0 Å². The minimum atomic E-state index is -1.37. The van der Waals surface area contributed by atoms with Gasteiger partial charge in [-0.25, -0.2) is 14.8 Å². The third kappa shape index (κ3) is 5.04. The molecule has 14 heteroatoms. The molecule has 4 aliphatic rings. The van der Waals surface area contributed by atoms with E-state index in [2.05, 4.69) is 19.9 Å². The summed E-state index contributed by atoms with van der Waals surface area (Å²) in [6, 6.07) is 19.4. The molecule has 0 atom stereocenters. The number of hydrogen-bond donors (Lipinski definition) is 6. The molecular formula is C34H22N7O7-. The zero-order valence-electron chi connectivity index (χ0n) is 24.5. The fourth-order valence-electron chi connectivity index (χ4n) is 5.59. The predicted octanol–water partition coefficient (Wildman–Crippen LogP) is 3.92. The van der Waals surface area contributed by atoms with Gasteiger partial charge in [0.15, 0.2) is 11.1 Å². The predicted molar refractivity (Wildman–Crippen MR) is 173 cm³/mol. The lowest BCUT2D eigenvalue weighted by Gasteiger charge is -2.15. The number of fused-ring (bicyclic) bond motifs is 4. The fourth-order valence-corrected chi connectivity index (χ4v) is 5.59. The summed E-state index contributed by atoms with van der Waals surface area (Å²) in [6.45, 7) is 0. The number of carboxylic acid groups (broad SMARTS) is 2. The van der Waals surface area contributed by atoms with Crippen LogP contribution in [0, 0.1) is 5.41 Å². The molecule has 0 saturated carbocycles. The van der Waals surface area contributed by atoms with Gasteiger partial charge in [-0.3, -0.25) is 4.79 Å². The standard InChI is InChI=1S/C17H12N4O3.C17H11N3O4/c18-8-1-3-10-12(5-8)24-13-6-9(19)2-4-11(13)14(10)15-16(17(22)23)21-7-20-15;18-8-1-3-10-12(5-8)24-13-6-9(21)2-4-11(13)14(10)15-16(17(22)23)20-7-19-15/h1-7,18H,19H2,(H,20,21)(H,22,23);1-7H,18H2,(H,19,20)(H,22,23)/p-1. The van der Waals surface area contributed by atoms with E-state index in [1.54, 1.807) is 60.7 Å². The second-order valence-electron chi connectivity index (χ2n) is 10.7. The van der Waals surface area contributed by atoms with E-state index in [0.717, 1.165) is 0 Å². The molecule has 0 unspecified atom stereocenters. The topological polar surface area (TPSA) is 254 Å². The summed E-state index contributed by atoms with van der Waals surface area (Å²) in [6.07, 6.45) is 2.62. The first-order chi connectivity index (χ1) is 23.1. The Morgan fingerprint density at radius 1 is 0.729 bits per heavy atom. The summed E-state index contributed by atoms with van der Waals surface area (Å²) in [5.41, 5.74) is 16.1. The van der Waals surface area contributed by atoms with Crippen molar-refractivity contribution in [2.45, 2.75) is 0 Å². The molecule has 0 radical (unpaired) electrons. The van der Waals surface area contributed by atoms with Gasteiger partial charge in [-0.05, 0) is 48.5 Å². The minimum Gasteiger partial charge on any atom is -0.543 e. The Hall–Kier alpha value is -7.22. The van der Waals surface area contributed by atoms with Crippen molar-refractivity contribution >= 4 is 45.3 Å². The van der Waals surface area contributed by atoms with Gasteiger partial charge in [0.1, 0.15) is 28.4 Å². The van der Waals surface area contributed by atoms with E-state index in [0.29, 0.717) is 78.1 Å². The van der Waals surface area contributed by atoms with Gasteiger partial charge in [-0.15, -0.1) is 0 Å². The van der Waals surface area contributed by atoms with Crippen LogP contribution in [0.25, 0.3) is 67.1 Å². The van der Waals surface area contributed by atoms with Crippen molar-refractivity contribution in [2.24, 2.45) is 0 Å². The van der Waals surface area contributed by atoms with E-state index >= 15 is 0 Å². The molecule has 48 heavy (non-hydrogen) atoms. The largest absolute Gasteiger partial charge is 0.543 e. The van der Waals surface area contributed by atoms with Crippen LogP contribution in [-0.2, 0) is 0 Å². The highest BCUT2D eigenvalue weighted by molar-refractivity contribution is 6.07. The zero-order chi connectivity index (χ0) is 33.7. The average molecular weight is 641 g/mol. The molecule has 0 fully saturated rings. The van der Waals surface area contributed by atoms with E-state index in [1.165, 1.54) is 24.8 Å². The molecule has 2 aromatic heterocycles. The maximum absolute atomic E-state index is 11.6. The van der Waals surface area contributed by atoms with E-state index < -0.39 is 11.9 Å². The maximum Gasteiger partial charge on any atom is 0.354 e. The number of aromatic amines is 2. The van der Waals surface area contributed by atoms with Crippen LogP contribution in [0.5, 0.6) is 0 Å². The van der Waals surface area contributed by atoms with E-state index in [4.69, 9.17) is 25.7 Å².